The predicted molar refractivity (Wildman–Crippen MR) is 193 cm³/mol. The Morgan fingerprint density at radius 2 is 0.568 bits per heavy atom. The van der Waals surface area contributed by atoms with Gasteiger partial charge < -0.3 is 0 Å². The number of aryl methyl sites for hydroxylation is 2. The molecule has 0 fully saturated rings. The fraction of sp³-hybridized carbons (Fsp3) is 0.762. The summed E-state index contributed by atoms with van der Waals surface area (Å²) in [6, 6.07) is 13.5. The minimum Gasteiger partial charge on any atom is -0.193 e. The van der Waals surface area contributed by atoms with Gasteiger partial charge in [-0.25, -0.2) is 0 Å². The van der Waals surface area contributed by atoms with E-state index >= 15 is 0 Å². The fourth-order valence-corrected chi connectivity index (χ4v) is 6.76. The highest BCUT2D eigenvalue weighted by molar-refractivity contribution is 5.45. The highest BCUT2D eigenvalue weighted by atomic mass is 15.0. The number of hydrogen-bond acceptors (Lipinski definition) is 0. The first-order valence-electron chi connectivity index (χ1n) is 19.8. The molecule has 0 saturated heterocycles. The molecule has 0 unspecified atom stereocenters. The Morgan fingerprint density at radius 3 is 0.841 bits per heavy atom. The first-order valence-corrected chi connectivity index (χ1v) is 19.8. The zero-order valence-electron chi connectivity index (χ0n) is 29.7. The summed E-state index contributed by atoms with van der Waals surface area (Å²) in [5.41, 5.74) is 2.74. The topological polar surface area (TPSA) is 7.76 Å². The van der Waals surface area contributed by atoms with Crippen LogP contribution in [0.1, 0.15) is 194 Å². The average Bonchev–Trinajstić information content (AvgIpc) is 3.05. The van der Waals surface area contributed by atoms with Crippen molar-refractivity contribution in [3.05, 3.63) is 48.8 Å². The van der Waals surface area contributed by atoms with E-state index in [1.807, 2.05) is 0 Å². The number of pyridine rings is 2. The van der Waals surface area contributed by atoms with Gasteiger partial charge in [0, 0.05) is 37.1 Å². The minimum absolute atomic E-state index is 1.13. The molecular formula is C42H74N2+2. The molecule has 0 spiro atoms. The highest BCUT2D eigenvalue weighted by Crippen LogP contribution is 2.16. The Hall–Kier alpha value is -1.70. The van der Waals surface area contributed by atoms with Crippen LogP contribution in [0, 0.1) is 0 Å². The maximum absolute atomic E-state index is 2.50. The summed E-state index contributed by atoms with van der Waals surface area (Å²) in [5.74, 6) is 0. The van der Waals surface area contributed by atoms with E-state index in [-0.39, 0.29) is 0 Å². The molecule has 2 nitrogen and oxygen atoms in total. The highest BCUT2D eigenvalue weighted by Gasteiger charge is 2.21. The molecule has 0 radical (unpaired) electrons. The largest absolute Gasteiger partial charge is 0.277 e. The number of hydrogen-bond donors (Lipinski definition) is 0. The molecule has 0 aliphatic rings. The first-order chi connectivity index (χ1) is 21.9. The lowest BCUT2D eigenvalue weighted by Crippen LogP contribution is -2.42. The van der Waals surface area contributed by atoms with Gasteiger partial charge in [-0.2, -0.15) is 9.13 Å². The van der Waals surface area contributed by atoms with Crippen molar-refractivity contribution in [2.45, 2.75) is 207 Å². The maximum Gasteiger partial charge on any atom is 0.277 e. The van der Waals surface area contributed by atoms with E-state index < -0.39 is 0 Å². The van der Waals surface area contributed by atoms with E-state index in [0.29, 0.717) is 0 Å². The van der Waals surface area contributed by atoms with Crippen LogP contribution in [-0.2, 0) is 13.1 Å². The molecule has 0 aliphatic carbocycles. The van der Waals surface area contributed by atoms with Crippen LogP contribution >= 0.6 is 0 Å². The number of nitrogens with zero attached hydrogens (tertiary/aromatic N) is 2. The quantitative estimate of drug-likeness (QED) is 0.0596. The molecule has 0 saturated carbocycles. The van der Waals surface area contributed by atoms with Gasteiger partial charge in [0.15, 0.2) is 12.4 Å². The van der Waals surface area contributed by atoms with Crippen molar-refractivity contribution >= 4 is 0 Å². The van der Waals surface area contributed by atoms with Crippen LogP contribution < -0.4 is 9.13 Å². The fourth-order valence-electron chi connectivity index (χ4n) is 6.76. The summed E-state index contributed by atoms with van der Waals surface area (Å²) in [7, 11) is 0. The number of rotatable bonds is 31. The summed E-state index contributed by atoms with van der Waals surface area (Å²) >= 11 is 0. The van der Waals surface area contributed by atoms with Crippen molar-refractivity contribution in [1.29, 1.82) is 0 Å². The van der Waals surface area contributed by atoms with E-state index in [1.54, 1.807) is 0 Å². The third-order valence-electron chi connectivity index (χ3n) is 9.65. The summed E-state index contributed by atoms with van der Waals surface area (Å²) in [5, 5.41) is 0. The van der Waals surface area contributed by atoms with Gasteiger partial charge in [0.1, 0.15) is 13.1 Å². The van der Waals surface area contributed by atoms with Crippen LogP contribution in [0.3, 0.4) is 0 Å². The van der Waals surface area contributed by atoms with Gasteiger partial charge in [-0.15, -0.1) is 0 Å². The van der Waals surface area contributed by atoms with Crippen LogP contribution in [0.5, 0.6) is 0 Å². The molecule has 0 amide bonds. The Morgan fingerprint density at radius 1 is 0.318 bits per heavy atom. The lowest BCUT2D eigenvalue weighted by molar-refractivity contribution is -0.715. The predicted octanol–water partition coefficient (Wildman–Crippen LogP) is 12.9. The molecule has 2 aromatic rings. The Kier molecular flexibility index (Phi) is 25.1. The van der Waals surface area contributed by atoms with E-state index in [9.17, 15) is 0 Å². The summed E-state index contributed by atoms with van der Waals surface area (Å²) in [6.45, 7) is 6.86. The lowest BCUT2D eigenvalue weighted by atomic mass is 10.0. The van der Waals surface area contributed by atoms with Crippen LogP contribution in [0.15, 0.2) is 48.8 Å². The Balaban J connectivity index is 1.57. The molecule has 0 aliphatic heterocycles. The monoisotopic (exact) mass is 607 g/mol. The van der Waals surface area contributed by atoms with Gasteiger partial charge >= 0.3 is 0 Å². The van der Waals surface area contributed by atoms with E-state index in [4.69, 9.17) is 0 Å². The second-order valence-electron chi connectivity index (χ2n) is 13.8. The van der Waals surface area contributed by atoms with Crippen molar-refractivity contribution in [3.63, 3.8) is 0 Å². The third-order valence-corrected chi connectivity index (χ3v) is 9.65. The maximum atomic E-state index is 2.50. The SMILES string of the molecule is CCCCCCCCCCCCCCCC[n+]1ccccc1-c1cccc[n+]1CCCCCCCCCCCCCCCC. The number of aromatic nitrogens is 2. The van der Waals surface area contributed by atoms with E-state index in [1.165, 1.54) is 191 Å². The van der Waals surface area contributed by atoms with Gasteiger partial charge in [0.25, 0.3) is 11.4 Å². The van der Waals surface area contributed by atoms with Crippen molar-refractivity contribution in [2.75, 3.05) is 0 Å². The van der Waals surface area contributed by atoms with Crippen LogP contribution in [0.25, 0.3) is 11.4 Å². The molecule has 2 heterocycles. The normalized spacial score (nSPS) is 11.4. The van der Waals surface area contributed by atoms with Gasteiger partial charge in [0.2, 0.25) is 0 Å². The summed E-state index contributed by atoms with van der Waals surface area (Å²) in [4.78, 5) is 0. The molecule has 250 valence electrons. The Labute approximate surface area is 275 Å². The van der Waals surface area contributed by atoms with Gasteiger partial charge in [-0.05, 0) is 25.0 Å². The van der Waals surface area contributed by atoms with Crippen LogP contribution in [-0.4, -0.2) is 0 Å². The standard InChI is InChI=1S/C42H74N2/c1-3-5-7-9-11-13-15-17-19-21-23-25-27-31-37-43-39-33-29-35-41(43)42-36-30-34-40-44(42)38-32-28-26-24-22-20-18-16-14-12-10-8-6-4-2/h29-30,33-36,39-40H,3-28,31-32,37-38H2,1-2H3/q+2. The molecule has 0 aromatic carbocycles. The van der Waals surface area contributed by atoms with Gasteiger partial charge in [0.05, 0.1) is 0 Å². The van der Waals surface area contributed by atoms with Crippen molar-refractivity contribution in [1.82, 2.24) is 0 Å². The van der Waals surface area contributed by atoms with Gasteiger partial charge in [-0.3, -0.25) is 0 Å². The molecule has 2 rings (SSSR count). The van der Waals surface area contributed by atoms with Crippen molar-refractivity contribution in [2.24, 2.45) is 0 Å². The minimum atomic E-state index is 1.13. The van der Waals surface area contributed by atoms with E-state index in [0.717, 1.165) is 13.1 Å². The van der Waals surface area contributed by atoms with Crippen molar-refractivity contribution in [3.8, 4) is 11.4 Å². The van der Waals surface area contributed by atoms with Gasteiger partial charge in [-0.1, -0.05) is 168 Å². The zero-order valence-corrected chi connectivity index (χ0v) is 29.7. The summed E-state index contributed by atoms with van der Waals surface area (Å²) < 4.78 is 5.00. The van der Waals surface area contributed by atoms with Crippen LogP contribution in [0.4, 0.5) is 0 Å². The molecule has 2 heteroatoms. The molecule has 0 N–H and O–H groups in total. The van der Waals surface area contributed by atoms with Crippen molar-refractivity contribution < 1.29 is 9.13 Å². The zero-order chi connectivity index (χ0) is 31.2. The summed E-state index contributed by atoms with van der Waals surface area (Å²) in [6.07, 6.45) is 44.3. The molecular weight excluding hydrogens is 532 g/mol. The molecule has 0 atom stereocenters. The first kappa shape index (κ1) is 38.5. The van der Waals surface area contributed by atoms with Crippen LogP contribution in [0.2, 0.25) is 0 Å². The third kappa shape index (κ3) is 19.6. The smallest absolute Gasteiger partial charge is 0.193 e. The second kappa shape index (κ2) is 28.8. The lowest BCUT2D eigenvalue weighted by Gasteiger charge is -2.06. The molecule has 0 bridgehead atoms. The average molecular weight is 607 g/mol. The Bertz CT molecular complexity index is 817. The number of unbranched alkanes of at least 4 members (excludes halogenated alkanes) is 26. The second-order valence-corrected chi connectivity index (χ2v) is 13.8. The molecule has 2 aromatic heterocycles. The molecule has 44 heavy (non-hydrogen) atoms. The van der Waals surface area contributed by atoms with E-state index in [2.05, 4.69) is 71.8 Å².